The van der Waals surface area contributed by atoms with E-state index in [-0.39, 0.29) is 18.3 Å². The third-order valence-corrected chi connectivity index (χ3v) is 3.73. The van der Waals surface area contributed by atoms with E-state index in [4.69, 9.17) is 16.3 Å². The second-order valence-electron chi connectivity index (χ2n) is 5.16. The standard InChI is InChI=1S/C15H21ClN2O2.ClH/c1-11(20-14-4-2-3-13(16)9-14)15(19)18-8-6-12-5-7-17-10-12;/h2-4,9,11-12,17H,5-8,10H2,1H3,(H,18,19);1H. The van der Waals surface area contributed by atoms with Gasteiger partial charge in [-0.3, -0.25) is 4.79 Å². The third-order valence-electron chi connectivity index (χ3n) is 3.49. The lowest BCUT2D eigenvalue weighted by Crippen LogP contribution is -2.37. The number of ether oxygens (including phenoxy) is 1. The monoisotopic (exact) mass is 332 g/mol. The molecule has 1 saturated heterocycles. The van der Waals surface area contributed by atoms with Crippen LogP contribution in [0.4, 0.5) is 0 Å². The molecule has 1 aromatic rings. The molecule has 0 bridgehead atoms. The lowest BCUT2D eigenvalue weighted by Gasteiger charge is -2.15. The maximum Gasteiger partial charge on any atom is 0.260 e. The SMILES string of the molecule is CC(Oc1cccc(Cl)c1)C(=O)NCCC1CCNC1.Cl. The fourth-order valence-electron chi connectivity index (χ4n) is 2.30. The summed E-state index contributed by atoms with van der Waals surface area (Å²) in [6, 6.07) is 7.07. The lowest BCUT2D eigenvalue weighted by molar-refractivity contribution is -0.127. The van der Waals surface area contributed by atoms with Gasteiger partial charge in [-0.1, -0.05) is 17.7 Å². The van der Waals surface area contributed by atoms with Crippen molar-refractivity contribution in [3.8, 4) is 5.75 Å². The Labute approximate surface area is 137 Å². The average molecular weight is 333 g/mol. The van der Waals surface area contributed by atoms with E-state index in [1.54, 1.807) is 31.2 Å². The Hall–Kier alpha value is -0.970. The van der Waals surface area contributed by atoms with Crippen LogP contribution in [0.3, 0.4) is 0 Å². The fourth-order valence-corrected chi connectivity index (χ4v) is 2.48. The summed E-state index contributed by atoms with van der Waals surface area (Å²) >= 11 is 5.88. The van der Waals surface area contributed by atoms with Crippen LogP contribution in [0, 0.1) is 5.92 Å². The first-order valence-electron chi connectivity index (χ1n) is 7.06. The van der Waals surface area contributed by atoms with Crippen molar-refractivity contribution >= 4 is 29.9 Å². The van der Waals surface area contributed by atoms with Gasteiger partial charge in [-0.15, -0.1) is 12.4 Å². The Morgan fingerprint density at radius 2 is 2.38 bits per heavy atom. The van der Waals surface area contributed by atoms with Gasteiger partial charge >= 0.3 is 0 Å². The summed E-state index contributed by atoms with van der Waals surface area (Å²) in [7, 11) is 0. The third kappa shape index (κ3) is 6.12. The molecule has 1 aliphatic rings. The highest BCUT2D eigenvalue weighted by Crippen LogP contribution is 2.18. The molecule has 2 N–H and O–H groups in total. The van der Waals surface area contributed by atoms with E-state index in [2.05, 4.69) is 10.6 Å². The molecule has 0 spiro atoms. The van der Waals surface area contributed by atoms with Crippen LogP contribution >= 0.6 is 24.0 Å². The quantitative estimate of drug-likeness (QED) is 0.841. The predicted molar refractivity (Wildman–Crippen MR) is 87.4 cm³/mol. The minimum Gasteiger partial charge on any atom is -0.481 e. The van der Waals surface area contributed by atoms with E-state index >= 15 is 0 Å². The number of benzene rings is 1. The maximum absolute atomic E-state index is 11.9. The Morgan fingerprint density at radius 1 is 1.57 bits per heavy atom. The molecule has 1 aliphatic heterocycles. The number of halogens is 2. The summed E-state index contributed by atoms with van der Waals surface area (Å²) in [5, 5.41) is 6.84. The summed E-state index contributed by atoms with van der Waals surface area (Å²) in [5.41, 5.74) is 0. The van der Waals surface area contributed by atoms with Crippen molar-refractivity contribution in [1.29, 1.82) is 0 Å². The second kappa shape index (κ2) is 9.13. The highest BCUT2D eigenvalue weighted by Gasteiger charge is 2.17. The summed E-state index contributed by atoms with van der Waals surface area (Å²) in [5.74, 6) is 1.20. The van der Waals surface area contributed by atoms with Crippen molar-refractivity contribution in [2.45, 2.75) is 25.9 Å². The number of rotatable bonds is 6. The van der Waals surface area contributed by atoms with E-state index in [1.807, 2.05) is 0 Å². The van der Waals surface area contributed by atoms with Gasteiger partial charge in [-0.2, -0.15) is 0 Å². The van der Waals surface area contributed by atoms with Gasteiger partial charge in [0.15, 0.2) is 6.10 Å². The molecule has 21 heavy (non-hydrogen) atoms. The molecule has 1 aromatic carbocycles. The molecular formula is C15H22Cl2N2O2. The van der Waals surface area contributed by atoms with Crippen molar-refractivity contribution in [3.63, 3.8) is 0 Å². The molecule has 0 radical (unpaired) electrons. The highest BCUT2D eigenvalue weighted by molar-refractivity contribution is 6.30. The van der Waals surface area contributed by atoms with Crippen LogP contribution in [0.25, 0.3) is 0 Å². The first-order valence-corrected chi connectivity index (χ1v) is 7.43. The molecule has 6 heteroatoms. The molecule has 4 nitrogen and oxygen atoms in total. The largest absolute Gasteiger partial charge is 0.481 e. The van der Waals surface area contributed by atoms with Crippen LogP contribution < -0.4 is 15.4 Å². The smallest absolute Gasteiger partial charge is 0.260 e. The topological polar surface area (TPSA) is 50.4 Å². The van der Waals surface area contributed by atoms with Crippen LogP contribution in [0.2, 0.25) is 5.02 Å². The van der Waals surface area contributed by atoms with Gasteiger partial charge in [0.25, 0.3) is 5.91 Å². The molecule has 1 amide bonds. The highest BCUT2D eigenvalue weighted by atomic mass is 35.5. The molecule has 2 rings (SSSR count). The molecule has 2 atom stereocenters. The summed E-state index contributed by atoms with van der Waals surface area (Å²) in [6.45, 7) is 4.60. The molecule has 118 valence electrons. The van der Waals surface area contributed by atoms with Crippen molar-refractivity contribution in [1.82, 2.24) is 10.6 Å². The Morgan fingerprint density at radius 3 is 3.05 bits per heavy atom. The minimum absolute atomic E-state index is 0. The van der Waals surface area contributed by atoms with Crippen molar-refractivity contribution in [3.05, 3.63) is 29.3 Å². The van der Waals surface area contributed by atoms with Gasteiger partial charge in [-0.05, 0) is 57.0 Å². The summed E-state index contributed by atoms with van der Waals surface area (Å²) in [6.07, 6.45) is 1.70. The maximum atomic E-state index is 11.9. The Kier molecular flexibility index (Phi) is 7.86. The number of nitrogens with one attached hydrogen (secondary N) is 2. The molecule has 0 aliphatic carbocycles. The molecule has 1 fully saturated rings. The van der Waals surface area contributed by atoms with Gasteiger partial charge in [0.2, 0.25) is 0 Å². The van der Waals surface area contributed by atoms with E-state index in [1.165, 1.54) is 6.42 Å². The minimum atomic E-state index is -0.518. The normalized spacial score (nSPS) is 18.7. The number of hydrogen-bond donors (Lipinski definition) is 2. The Balaban J connectivity index is 0.00000220. The van der Waals surface area contributed by atoms with E-state index in [0.717, 1.165) is 19.5 Å². The van der Waals surface area contributed by atoms with Crippen LogP contribution in [0.15, 0.2) is 24.3 Å². The van der Waals surface area contributed by atoms with Crippen LogP contribution in [0.1, 0.15) is 19.8 Å². The van der Waals surface area contributed by atoms with Gasteiger partial charge in [0, 0.05) is 11.6 Å². The molecule has 1 heterocycles. The van der Waals surface area contributed by atoms with Gasteiger partial charge in [-0.25, -0.2) is 0 Å². The van der Waals surface area contributed by atoms with Crippen LogP contribution in [-0.4, -0.2) is 31.6 Å². The predicted octanol–water partition coefficient (Wildman–Crippen LogP) is 2.64. The Bertz CT molecular complexity index is 451. The summed E-state index contributed by atoms with van der Waals surface area (Å²) in [4.78, 5) is 11.9. The van der Waals surface area contributed by atoms with Crippen LogP contribution in [0.5, 0.6) is 5.75 Å². The van der Waals surface area contributed by atoms with E-state index in [9.17, 15) is 4.79 Å². The zero-order valence-electron chi connectivity index (χ0n) is 12.1. The zero-order valence-corrected chi connectivity index (χ0v) is 13.7. The van der Waals surface area contributed by atoms with Crippen LogP contribution in [-0.2, 0) is 4.79 Å². The van der Waals surface area contributed by atoms with Gasteiger partial charge in [0.1, 0.15) is 5.75 Å². The number of hydrogen-bond acceptors (Lipinski definition) is 3. The first-order chi connectivity index (χ1) is 9.65. The average Bonchev–Trinajstić information content (AvgIpc) is 2.91. The molecule has 2 unspecified atom stereocenters. The number of carbonyl (C=O) groups excluding carboxylic acids is 1. The summed E-state index contributed by atoms with van der Waals surface area (Å²) < 4.78 is 5.57. The second-order valence-corrected chi connectivity index (χ2v) is 5.59. The van der Waals surface area contributed by atoms with E-state index in [0.29, 0.717) is 23.2 Å². The number of amides is 1. The zero-order chi connectivity index (χ0) is 14.4. The molecule has 0 aromatic heterocycles. The van der Waals surface area contributed by atoms with Crippen molar-refractivity contribution in [2.75, 3.05) is 19.6 Å². The van der Waals surface area contributed by atoms with E-state index < -0.39 is 6.10 Å². The van der Waals surface area contributed by atoms with Gasteiger partial charge < -0.3 is 15.4 Å². The molecular weight excluding hydrogens is 311 g/mol. The van der Waals surface area contributed by atoms with Gasteiger partial charge in [0.05, 0.1) is 0 Å². The number of carbonyl (C=O) groups is 1. The first kappa shape index (κ1) is 18.1. The fraction of sp³-hybridized carbons (Fsp3) is 0.533. The van der Waals surface area contributed by atoms with Crippen molar-refractivity contribution in [2.24, 2.45) is 5.92 Å². The molecule has 0 saturated carbocycles. The lowest BCUT2D eigenvalue weighted by atomic mass is 10.1. The van der Waals surface area contributed by atoms with Crippen molar-refractivity contribution < 1.29 is 9.53 Å².